The Morgan fingerprint density at radius 2 is 2.16 bits per heavy atom. The molecule has 0 atom stereocenters. The normalized spacial score (nSPS) is 10.8. The van der Waals surface area contributed by atoms with Gasteiger partial charge in [0.15, 0.2) is 11.6 Å². The van der Waals surface area contributed by atoms with Gasteiger partial charge < -0.3 is 10.1 Å². The second-order valence-electron chi connectivity index (χ2n) is 5.79. The lowest BCUT2D eigenvalue weighted by molar-refractivity contribution is -0.123. The van der Waals surface area contributed by atoms with E-state index in [9.17, 15) is 9.59 Å². The zero-order chi connectivity index (χ0) is 17.8. The first kappa shape index (κ1) is 17.2. The van der Waals surface area contributed by atoms with Gasteiger partial charge in [-0.2, -0.15) is 0 Å². The van der Waals surface area contributed by atoms with E-state index in [0.29, 0.717) is 29.4 Å². The molecule has 0 bridgehead atoms. The number of benzene rings is 1. The molecule has 3 rings (SSSR count). The minimum Gasteiger partial charge on any atom is -0.484 e. The summed E-state index contributed by atoms with van der Waals surface area (Å²) in [5.41, 5.74) is 2.54. The predicted octanol–water partition coefficient (Wildman–Crippen LogP) is 2.11. The number of fused-ring (bicyclic) bond motifs is 1. The number of aromatic nitrogens is 2. The average Bonchev–Trinajstić information content (AvgIpc) is 2.96. The van der Waals surface area contributed by atoms with Crippen molar-refractivity contribution in [3.8, 4) is 5.75 Å². The fourth-order valence-electron chi connectivity index (χ4n) is 2.49. The maximum absolute atomic E-state index is 12.1. The third kappa shape index (κ3) is 4.24. The molecule has 0 saturated heterocycles. The van der Waals surface area contributed by atoms with Crippen molar-refractivity contribution >= 4 is 22.2 Å². The van der Waals surface area contributed by atoms with Gasteiger partial charge in [0.2, 0.25) is 0 Å². The van der Waals surface area contributed by atoms with E-state index in [2.05, 4.69) is 10.3 Å². The summed E-state index contributed by atoms with van der Waals surface area (Å²) in [5, 5.41) is 4.71. The van der Waals surface area contributed by atoms with Crippen molar-refractivity contribution in [3.05, 3.63) is 63.0 Å². The lowest BCUT2D eigenvalue weighted by atomic mass is 10.2. The molecule has 2 heterocycles. The number of carbonyl (C=O) groups excluding carboxylic acids is 1. The summed E-state index contributed by atoms with van der Waals surface area (Å²) in [7, 11) is 0. The standard InChI is InChI=1S/C18H19N3O3S/c1-12-4-3-5-15(8-12)24-10-16(22)19-7-6-14-11-25-18-20-13(2)9-17(23)21(14)18/h3-5,8-9,11H,6-7,10H2,1-2H3,(H,19,22). The van der Waals surface area contributed by atoms with Crippen molar-refractivity contribution in [1.82, 2.24) is 14.7 Å². The Hall–Kier alpha value is -2.67. The monoisotopic (exact) mass is 357 g/mol. The summed E-state index contributed by atoms with van der Waals surface area (Å²) >= 11 is 1.42. The van der Waals surface area contributed by atoms with Gasteiger partial charge in [0.25, 0.3) is 11.5 Å². The summed E-state index contributed by atoms with van der Waals surface area (Å²) in [4.78, 5) is 29.0. The van der Waals surface area contributed by atoms with Gasteiger partial charge in [0, 0.05) is 35.8 Å². The van der Waals surface area contributed by atoms with Crippen LogP contribution in [0.1, 0.15) is 17.0 Å². The highest BCUT2D eigenvalue weighted by atomic mass is 32.1. The Kier molecular flexibility index (Phi) is 5.14. The number of ether oxygens (including phenoxy) is 1. The summed E-state index contributed by atoms with van der Waals surface area (Å²) in [6.07, 6.45) is 0.556. The summed E-state index contributed by atoms with van der Waals surface area (Å²) in [6.45, 7) is 4.17. The number of nitrogens with one attached hydrogen (secondary N) is 1. The van der Waals surface area contributed by atoms with E-state index < -0.39 is 0 Å². The molecule has 6 nitrogen and oxygen atoms in total. The molecule has 0 aliphatic carbocycles. The molecule has 0 fully saturated rings. The first-order valence-corrected chi connectivity index (χ1v) is 8.84. The van der Waals surface area contributed by atoms with Crippen molar-refractivity contribution in [2.24, 2.45) is 0 Å². The molecule has 7 heteroatoms. The first-order valence-electron chi connectivity index (χ1n) is 7.96. The van der Waals surface area contributed by atoms with Crippen LogP contribution in [-0.4, -0.2) is 28.4 Å². The third-order valence-corrected chi connectivity index (χ3v) is 4.54. The molecule has 0 radical (unpaired) electrons. The Labute approximate surface area is 149 Å². The molecule has 3 aromatic rings. The number of nitrogens with zero attached hydrogens (tertiary/aromatic N) is 2. The zero-order valence-electron chi connectivity index (χ0n) is 14.1. The van der Waals surface area contributed by atoms with E-state index in [-0.39, 0.29) is 18.1 Å². The average molecular weight is 357 g/mol. The van der Waals surface area contributed by atoms with Gasteiger partial charge in [0.05, 0.1) is 0 Å². The highest BCUT2D eigenvalue weighted by Gasteiger charge is 2.09. The van der Waals surface area contributed by atoms with Crippen LogP contribution >= 0.6 is 11.3 Å². The van der Waals surface area contributed by atoms with Gasteiger partial charge in [0.1, 0.15) is 5.75 Å². The summed E-state index contributed by atoms with van der Waals surface area (Å²) < 4.78 is 7.05. The molecule has 0 saturated carbocycles. The first-order chi connectivity index (χ1) is 12.0. The maximum atomic E-state index is 12.1. The molecule has 0 aliphatic rings. The van der Waals surface area contributed by atoms with E-state index in [1.165, 1.54) is 17.4 Å². The van der Waals surface area contributed by atoms with Crippen LogP contribution in [0.4, 0.5) is 0 Å². The quantitative estimate of drug-likeness (QED) is 0.733. The van der Waals surface area contributed by atoms with Crippen molar-refractivity contribution < 1.29 is 9.53 Å². The van der Waals surface area contributed by atoms with Crippen LogP contribution in [0.25, 0.3) is 4.96 Å². The second-order valence-corrected chi connectivity index (χ2v) is 6.62. The smallest absolute Gasteiger partial charge is 0.258 e. The molecule has 0 unspecified atom stereocenters. The molecule has 1 aromatic carbocycles. The van der Waals surface area contributed by atoms with Crippen LogP contribution in [0.2, 0.25) is 0 Å². The van der Waals surface area contributed by atoms with Crippen LogP contribution in [0.5, 0.6) is 5.75 Å². The van der Waals surface area contributed by atoms with Gasteiger partial charge >= 0.3 is 0 Å². The SMILES string of the molecule is Cc1cccc(OCC(=O)NCCc2csc3nc(C)cc(=O)n23)c1. The van der Waals surface area contributed by atoms with Crippen LogP contribution in [-0.2, 0) is 11.2 Å². The number of rotatable bonds is 6. The molecular weight excluding hydrogens is 338 g/mol. The molecule has 1 amide bonds. The Balaban J connectivity index is 1.53. The molecule has 130 valence electrons. The Morgan fingerprint density at radius 3 is 2.96 bits per heavy atom. The molecule has 25 heavy (non-hydrogen) atoms. The van der Waals surface area contributed by atoms with E-state index >= 15 is 0 Å². The molecule has 1 N–H and O–H groups in total. The number of hydrogen-bond acceptors (Lipinski definition) is 5. The maximum Gasteiger partial charge on any atom is 0.258 e. The van der Waals surface area contributed by atoms with Crippen LogP contribution < -0.4 is 15.6 Å². The number of aryl methyl sites for hydroxylation is 2. The van der Waals surface area contributed by atoms with E-state index in [1.807, 2.05) is 36.6 Å². The van der Waals surface area contributed by atoms with Crippen molar-refractivity contribution in [3.63, 3.8) is 0 Å². The van der Waals surface area contributed by atoms with E-state index in [1.54, 1.807) is 11.3 Å². The van der Waals surface area contributed by atoms with Crippen molar-refractivity contribution in [1.29, 1.82) is 0 Å². The number of carbonyl (C=O) groups is 1. The fraction of sp³-hybridized carbons (Fsp3) is 0.278. The van der Waals surface area contributed by atoms with Gasteiger partial charge in [-0.25, -0.2) is 4.98 Å². The highest BCUT2D eigenvalue weighted by Crippen LogP contribution is 2.13. The van der Waals surface area contributed by atoms with E-state index in [4.69, 9.17) is 4.74 Å². The number of hydrogen-bond donors (Lipinski definition) is 1. The second kappa shape index (κ2) is 7.48. The largest absolute Gasteiger partial charge is 0.484 e. The van der Waals surface area contributed by atoms with Gasteiger partial charge in [-0.05, 0) is 31.5 Å². The summed E-state index contributed by atoms with van der Waals surface area (Å²) in [5.74, 6) is 0.481. The van der Waals surface area contributed by atoms with Gasteiger partial charge in [-0.15, -0.1) is 11.3 Å². The van der Waals surface area contributed by atoms with E-state index in [0.717, 1.165) is 11.3 Å². The topological polar surface area (TPSA) is 72.7 Å². The lowest BCUT2D eigenvalue weighted by Gasteiger charge is -2.08. The fourth-order valence-corrected chi connectivity index (χ4v) is 3.47. The number of thiazole rings is 1. The van der Waals surface area contributed by atoms with Crippen molar-refractivity contribution in [2.45, 2.75) is 20.3 Å². The minimum atomic E-state index is -0.192. The Morgan fingerprint density at radius 1 is 1.32 bits per heavy atom. The lowest BCUT2D eigenvalue weighted by Crippen LogP contribution is -2.31. The molecular formula is C18H19N3O3S. The zero-order valence-corrected chi connectivity index (χ0v) is 14.9. The van der Waals surface area contributed by atoms with Crippen LogP contribution in [0, 0.1) is 13.8 Å². The van der Waals surface area contributed by atoms with Gasteiger partial charge in [-0.1, -0.05) is 12.1 Å². The predicted molar refractivity (Wildman–Crippen MR) is 97.5 cm³/mol. The van der Waals surface area contributed by atoms with Gasteiger partial charge in [-0.3, -0.25) is 14.0 Å². The highest BCUT2D eigenvalue weighted by molar-refractivity contribution is 7.15. The molecule has 2 aromatic heterocycles. The minimum absolute atomic E-state index is 0.0332. The molecule has 0 aliphatic heterocycles. The third-order valence-electron chi connectivity index (χ3n) is 3.67. The van der Waals surface area contributed by atoms with Crippen molar-refractivity contribution in [2.75, 3.05) is 13.2 Å². The molecule has 0 spiro atoms. The van der Waals surface area contributed by atoms with Crippen LogP contribution in [0.3, 0.4) is 0 Å². The number of amides is 1. The summed E-state index contributed by atoms with van der Waals surface area (Å²) in [6, 6.07) is 9.07. The van der Waals surface area contributed by atoms with Crippen LogP contribution in [0.15, 0.2) is 40.5 Å². The Bertz CT molecular complexity index is 962.